The lowest BCUT2D eigenvalue weighted by molar-refractivity contribution is -0.148. The van der Waals surface area contributed by atoms with Gasteiger partial charge in [-0.2, -0.15) is 0 Å². The van der Waals surface area contributed by atoms with E-state index in [4.69, 9.17) is 4.74 Å². The van der Waals surface area contributed by atoms with E-state index in [-0.39, 0.29) is 11.8 Å². The van der Waals surface area contributed by atoms with E-state index in [9.17, 15) is 9.59 Å². The van der Waals surface area contributed by atoms with Crippen LogP contribution in [0.1, 0.15) is 25.7 Å². The SMILES string of the molecule is COc1cccc(N2CCN(CCCN3C(=O)CCCC3=O)CC2)c1. The summed E-state index contributed by atoms with van der Waals surface area (Å²) >= 11 is 0. The summed E-state index contributed by atoms with van der Waals surface area (Å²) in [7, 11) is 1.69. The molecule has 0 unspecified atom stereocenters. The summed E-state index contributed by atoms with van der Waals surface area (Å²) in [5, 5.41) is 0. The molecule has 0 aliphatic carbocycles. The summed E-state index contributed by atoms with van der Waals surface area (Å²) < 4.78 is 5.30. The number of nitrogens with zero attached hydrogens (tertiary/aromatic N) is 3. The van der Waals surface area contributed by atoms with Crippen molar-refractivity contribution in [2.45, 2.75) is 25.7 Å². The van der Waals surface area contributed by atoms with Gasteiger partial charge in [0.25, 0.3) is 0 Å². The Balaban J connectivity index is 1.42. The van der Waals surface area contributed by atoms with Crippen LogP contribution < -0.4 is 9.64 Å². The molecule has 2 amide bonds. The first-order valence-corrected chi connectivity index (χ1v) is 9.12. The van der Waals surface area contributed by atoms with Gasteiger partial charge in [-0.15, -0.1) is 0 Å². The van der Waals surface area contributed by atoms with Gasteiger partial charge in [0.05, 0.1) is 7.11 Å². The molecule has 1 aromatic carbocycles. The first kappa shape index (κ1) is 17.7. The van der Waals surface area contributed by atoms with Crippen molar-refractivity contribution in [3.05, 3.63) is 24.3 Å². The Morgan fingerprint density at radius 2 is 1.72 bits per heavy atom. The predicted octanol–water partition coefficient (Wildman–Crippen LogP) is 1.75. The molecule has 136 valence electrons. The number of benzene rings is 1. The van der Waals surface area contributed by atoms with E-state index in [1.54, 1.807) is 7.11 Å². The molecule has 0 bridgehead atoms. The number of carbonyl (C=O) groups is 2. The molecule has 25 heavy (non-hydrogen) atoms. The van der Waals surface area contributed by atoms with Gasteiger partial charge in [0.15, 0.2) is 0 Å². The van der Waals surface area contributed by atoms with Crippen molar-refractivity contribution in [1.82, 2.24) is 9.80 Å². The number of rotatable bonds is 6. The van der Waals surface area contributed by atoms with Crippen LogP contribution in [0, 0.1) is 0 Å². The Morgan fingerprint density at radius 1 is 1.00 bits per heavy atom. The highest BCUT2D eigenvalue weighted by molar-refractivity contribution is 5.97. The number of imide groups is 1. The maximum atomic E-state index is 11.8. The zero-order valence-electron chi connectivity index (χ0n) is 14.9. The third-order valence-electron chi connectivity index (χ3n) is 5.03. The van der Waals surface area contributed by atoms with Gasteiger partial charge in [-0.3, -0.25) is 19.4 Å². The average molecular weight is 345 g/mol. The van der Waals surface area contributed by atoms with E-state index >= 15 is 0 Å². The highest BCUT2D eigenvalue weighted by Gasteiger charge is 2.25. The molecular weight excluding hydrogens is 318 g/mol. The number of anilines is 1. The highest BCUT2D eigenvalue weighted by Crippen LogP contribution is 2.22. The van der Waals surface area contributed by atoms with Crippen molar-refractivity contribution >= 4 is 17.5 Å². The molecule has 2 aliphatic heterocycles. The molecule has 0 N–H and O–H groups in total. The maximum absolute atomic E-state index is 11.8. The first-order chi connectivity index (χ1) is 12.2. The second-order valence-corrected chi connectivity index (χ2v) is 6.68. The molecule has 6 nitrogen and oxygen atoms in total. The Kier molecular flexibility index (Phi) is 5.91. The van der Waals surface area contributed by atoms with Crippen LogP contribution in [0.2, 0.25) is 0 Å². The molecule has 2 saturated heterocycles. The van der Waals surface area contributed by atoms with Gasteiger partial charge in [-0.25, -0.2) is 0 Å². The van der Waals surface area contributed by atoms with Crippen LogP contribution in [-0.4, -0.2) is 68.0 Å². The topological polar surface area (TPSA) is 53.1 Å². The lowest BCUT2D eigenvalue weighted by Gasteiger charge is -2.36. The van der Waals surface area contributed by atoms with Crippen LogP contribution >= 0.6 is 0 Å². The van der Waals surface area contributed by atoms with Gasteiger partial charge in [0.1, 0.15) is 5.75 Å². The minimum atomic E-state index is -0.000839. The summed E-state index contributed by atoms with van der Waals surface area (Å²) in [5.74, 6) is 0.883. The average Bonchev–Trinajstić information content (AvgIpc) is 2.65. The monoisotopic (exact) mass is 345 g/mol. The fourth-order valence-corrected chi connectivity index (χ4v) is 3.54. The summed E-state index contributed by atoms with van der Waals surface area (Å²) in [5.41, 5.74) is 1.20. The summed E-state index contributed by atoms with van der Waals surface area (Å²) in [6, 6.07) is 8.17. The van der Waals surface area contributed by atoms with Crippen LogP contribution in [-0.2, 0) is 9.59 Å². The van der Waals surface area contributed by atoms with Gasteiger partial charge in [0.2, 0.25) is 11.8 Å². The van der Waals surface area contributed by atoms with Gasteiger partial charge >= 0.3 is 0 Å². The minimum Gasteiger partial charge on any atom is -0.497 e. The van der Waals surface area contributed by atoms with E-state index in [0.29, 0.717) is 25.8 Å². The number of piperidine rings is 1. The lowest BCUT2D eigenvalue weighted by Crippen LogP contribution is -2.47. The van der Waals surface area contributed by atoms with Crippen molar-refractivity contribution < 1.29 is 14.3 Å². The van der Waals surface area contributed by atoms with Gasteiger partial charge in [-0.1, -0.05) is 6.07 Å². The number of likely N-dealkylation sites (tertiary alicyclic amines) is 1. The summed E-state index contributed by atoms with van der Waals surface area (Å²) in [4.78, 5) is 29.9. The first-order valence-electron chi connectivity index (χ1n) is 9.12. The minimum absolute atomic E-state index is 0.000839. The largest absolute Gasteiger partial charge is 0.497 e. The van der Waals surface area contributed by atoms with Gasteiger partial charge < -0.3 is 9.64 Å². The summed E-state index contributed by atoms with van der Waals surface area (Å²) in [6.45, 7) is 5.46. The maximum Gasteiger partial charge on any atom is 0.229 e. The quantitative estimate of drug-likeness (QED) is 0.735. The Bertz CT molecular complexity index is 596. The van der Waals surface area contributed by atoms with Gasteiger partial charge in [-0.05, 0) is 31.5 Å². The smallest absolute Gasteiger partial charge is 0.229 e. The fraction of sp³-hybridized carbons (Fsp3) is 0.579. The molecule has 2 fully saturated rings. The molecule has 0 atom stereocenters. The van der Waals surface area contributed by atoms with Crippen molar-refractivity contribution in [3.8, 4) is 5.75 Å². The van der Waals surface area contributed by atoms with Crippen LogP contribution in [0.5, 0.6) is 5.75 Å². The van der Waals surface area contributed by atoms with E-state index in [1.165, 1.54) is 10.6 Å². The number of methoxy groups -OCH3 is 1. The Hall–Kier alpha value is -2.08. The normalized spacial score (nSPS) is 19.4. The van der Waals surface area contributed by atoms with Crippen LogP contribution in [0.15, 0.2) is 24.3 Å². The molecule has 3 rings (SSSR count). The van der Waals surface area contributed by atoms with E-state index < -0.39 is 0 Å². The second-order valence-electron chi connectivity index (χ2n) is 6.68. The Labute approximate surface area is 149 Å². The number of hydrogen-bond donors (Lipinski definition) is 0. The number of piperazine rings is 1. The van der Waals surface area contributed by atoms with E-state index in [0.717, 1.165) is 44.9 Å². The predicted molar refractivity (Wildman–Crippen MR) is 96.8 cm³/mol. The van der Waals surface area contributed by atoms with Gasteiger partial charge in [0, 0.05) is 57.3 Å². The number of carbonyl (C=O) groups excluding carboxylic acids is 2. The number of amides is 2. The third-order valence-corrected chi connectivity index (χ3v) is 5.03. The van der Waals surface area contributed by atoms with Crippen LogP contribution in [0.4, 0.5) is 5.69 Å². The standard InChI is InChI=1S/C19H27N3O3/c1-25-17-6-2-5-16(15-17)21-13-11-20(12-14-21)9-4-10-22-18(23)7-3-8-19(22)24/h2,5-6,15H,3-4,7-14H2,1H3. The van der Waals surface area contributed by atoms with Crippen molar-refractivity contribution in [1.29, 1.82) is 0 Å². The Morgan fingerprint density at radius 3 is 2.40 bits per heavy atom. The molecule has 0 saturated carbocycles. The zero-order valence-corrected chi connectivity index (χ0v) is 14.9. The number of ether oxygens (including phenoxy) is 1. The third kappa shape index (κ3) is 4.51. The molecule has 0 spiro atoms. The highest BCUT2D eigenvalue weighted by atomic mass is 16.5. The lowest BCUT2D eigenvalue weighted by atomic mass is 10.1. The molecule has 0 aromatic heterocycles. The molecule has 6 heteroatoms. The zero-order chi connectivity index (χ0) is 17.6. The van der Waals surface area contributed by atoms with Crippen molar-refractivity contribution in [3.63, 3.8) is 0 Å². The van der Waals surface area contributed by atoms with Crippen LogP contribution in [0.25, 0.3) is 0 Å². The van der Waals surface area contributed by atoms with Crippen LogP contribution in [0.3, 0.4) is 0 Å². The van der Waals surface area contributed by atoms with E-state index in [2.05, 4.69) is 21.9 Å². The summed E-state index contributed by atoms with van der Waals surface area (Å²) in [6.07, 6.45) is 2.60. The molecule has 2 aliphatic rings. The molecular formula is C19H27N3O3. The fourth-order valence-electron chi connectivity index (χ4n) is 3.54. The van der Waals surface area contributed by atoms with Crippen molar-refractivity contribution in [2.24, 2.45) is 0 Å². The molecule has 0 radical (unpaired) electrons. The molecule has 1 aromatic rings. The van der Waals surface area contributed by atoms with Crippen molar-refractivity contribution in [2.75, 3.05) is 51.3 Å². The second kappa shape index (κ2) is 8.34. The van der Waals surface area contributed by atoms with E-state index in [1.807, 2.05) is 12.1 Å². The number of hydrogen-bond acceptors (Lipinski definition) is 5. The molecule has 2 heterocycles.